The summed E-state index contributed by atoms with van der Waals surface area (Å²) < 4.78 is 24.2. The van der Waals surface area contributed by atoms with Gasteiger partial charge in [-0.15, -0.1) is 5.10 Å². The number of pyridine rings is 1. The molecular formula is C17H14FN6Na2O5P. The van der Waals surface area contributed by atoms with Gasteiger partial charge in [0.05, 0.1) is 25.0 Å². The number of cyclic esters (lactones) is 1. The van der Waals surface area contributed by atoms with E-state index in [1.54, 1.807) is 18.2 Å². The van der Waals surface area contributed by atoms with Crippen LogP contribution < -0.4 is 79.1 Å². The molecule has 0 radical (unpaired) electrons. The zero-order valence-electron chi connectivity index (χ0n) is 17.2. The summed E-state index contributed by atoms with van der Waals surface area (Å²) in [6.45, 7) is -0.243. The number of nitrogens with zero attached hydrogens (tertiary/aromatic N) is 4. The SMILES string of the molecule is O=C1O[C@@H](COP([O-])[O-])CN1c1ccc(-c2ccc(Nc3cn[nH]n3)nc2)c(F)c1.[Na+].[Na+]. The molecule has 1 atom stereocenters. The summed E-state index contributed by atoms with van der Waals surface area (Å²) in [5.41, 5.74) is 1.13. The van der Waals surface area contributed by atoms with Gasteiger partial charge in [0.2, 0.25) is 0 Å². The second kappa shape index (κ2) is 12.3. The maximum Gasteiger partial charge on any atom is 1.00 e. The van der Waals surface area contributed by atoms with Gasteiger partial charge < -0.3 is 24.4 Å². The zero-order valence-corrected chi connectivity index (χ0v) is 22.1. The molecule has 1 aliphatic rings. The van der Waals surface area contributed by atoms with Crippen molar-refractivity contribution in [2.24, 2.45) is 0 Å². The number of amides is 1. The maximum atomic E-state index is 14.7. The van der Waals surface area contributed by atoms with Crippen LogP contribution in [0.4, 0.5) is 26.5 Å². The smallest absolute Gasteiger partial charge is 0.820 e. The quantitative estimate of drug-likeness (QED) is 0.251. The third kappa shape index (κ3) is 6.67. The Morgan fingerprint density at radius 3 is 2.69 bits per heavy atom. The van der Waals surface area contributed by atoms with Gasteiger partial charge in [0.25, 0.3) is 0 Å². The third-order valence-electron chi connectivity index (χ3n) is 4.25. The van der Waals surface area contributed by atoms with Crippen LogP contribution in [-0.4, -0.2) is 45.7 Å². The standard InChI is InChI=1S/C17H14FN6O5P.2Na/c18-14-5-11(24-8-12(29-17(24)25)9-28-30(26)27)2-3-13(14)10-1-4-15(19-6-10)21-16-7-20-23-22-16;;/h1-7,12H,8-9H2,(H2,19,20,21,22,23);;/q-2;2*+1/t12-;;/m1../s1. The molecule has 15 heteroatoms. The largest absolute Gasteiger partial charge is 1.00 e. The number of halogens is 1. The molecule has 156 valence electrons. The molecule has 3 heterocycles. The van der Waals surface area contributed by atoms with Crippen molar-refractivity contribution >= 4 is 32.0 Å². The fourth-order valence-corrected chi connectivity index (χ4v) is 3.18. The van der Waals surface area contributed by atoms with Crippen LogP contribution in [0.1, 0.15) is 0 Å². The minimum Gasteiger partial charge on any atom is -0.820 e. The van der Waals surface area contributed by atoms with Gasteiger partial charge in [-0.05, 0) is 30.3 Å². The van der Waals surface area contributed by atoms with Gasteiger partial charge >= 0.3 is 65.2 Å². The molecule has 1 aliphatic heterocycles. The Balaban J connectivity index is 0.00000181. The van der Waals surface area contributed by atoms with Crippen LogP contribution in [0.15, 0.2) is 42.7 Å². The molecule has 1 fully saturated rings. The number of benzene rings is 1. The third-order valence-corrected chi connectivity index (χ3v) is 4.61. The van der Waals surface area contributed by atoms with Gasteiger partial charge in [-0.3, -0.25) is 4.90 Å². The first-order valence-corrected chi connectivity index (χ1v) is 9.73. The Morgan fingerprint density at radius 1 is 1.25 bits per heavy atom. The minimum absolute atomic E-state index is 0. The number of hydrogen-bond donors (Lipinski definition) is 2. The van der Waals surface area contributed by atoms with E-state index in [4.69, 9.17) is 4.74 Å². The van der Waals surface area contributed by atoms with E-state index < -0.39 is 26.6 Å². The molecule has 11 nitrogen and oxygen atoms in total. The van der Waals surface area contributed by atoms with Crippen molar-refractivity contribution in [2.45, 2.75) is 6.10 Å². The van der Waals surface area contributed by atoms with Crippen molar-refractivity contribution in [1.29, 1.82) is 0 Å². The van der Waals surface area contributed by atoms with E-state index >= 15 is 0 Å². The van der Waals surface area contributed by atoms with E-state index in [2.05, 4.69) is 30.2 Å². The predicted octanol–water partition coefficient (Wildman–Crippen LogP) is -4.95. The van der Waals surface area contributed by atoms with Crippen molar-refractivity contribution in [3.8, 4) is 11.1 Å². The zero-order chi connectivity index (χ0) is 21.1. The monoisotopic (exact) mass is 478 g/mol. The topological polar surface area (TPSA) is 151 Å². The van der Waals surface area contributed by atoms with Gasteiger partial charge in [-0.2, -0.15) is 18.9 Å². The number of aromatic amines is 1. The molecule has 3 aromatic rings. The first kappa shape index (κ1) is 27.1. The molecule has 1 saturated heterocycles. The van der Waals surface area contributed by atoms with Crippen molar-refractivity contribution < 1.29 is 87.3 Å². The van der Waals surface area contributed by atoms with Crippen LogP contribution in [0.2, 0.25) is 0 Å². The molecule has 0 spiro atoms. The first-order chi connectivity index (χ1) is 14.5. The summed E-state index contributed by atoms with van der Waals surface area (Å²) in [5, 5.41) is 12.9. The number of carbonyl (C=O) groups excluding carboxylic acids is 1. The Labute approximate surface area is 227 Å². The summed E-state index contributed by atoms with van der Waals surface area (Å²) in [5.74, 6) is 0.452. The number of nitrogens with one attached hydrogen (secondary N) is 2. The molecule has 0 aliphatic carbocycles. The normalized spacial score (nSPS) is 15.2. The Morgan fingerprint density at radius 2 is 2.06 bits per heavy atom. The van der Waals surface area contributed by atoms with Crippen molar-refractivity contribution in [3.63, 3.8) is 0 Å². The van der Waals surface area contributed by atoms with E-state index in [-0.39, 0.29) is 78.0 Å². The Kier molecular flexibility index (Phi) is 10.4. The van der Waals surface area contributed by atoms with Crippen molar-refractivity contribution in [2.75, 3.05) is 23.4 Å². The molecule has 32 heavy (non-hydrogen) atoms. The van der Waals surface area contributed by atoms with Crippen LogP contribution in [0.25, 0.3) is 11.1 Å². The summed E-state index contributed by atoms with van der Waals surface area (Å²) in [6.07, 6.45) is 1.53. The summed E-state index contributed by atoms with van der Waals surface area (Å²) in [7, 11) is -3.04. The molecule has 2 N–H and O–H groups in total. The van der Waals surface area contributed by atoms with Crippen LogP contribution >= 0.6 is 8.60 Å². The van der Waals surface area contributed by atoms with Gasteiger partial charge in [0.1, 0.15) is 17.7 Å². The molecule has 0 bridgehead atoms. The van der Waals surface area contributed by atoms with E-state index in [9.17, 15) is 19.0 Å². The van der Waals surface area contributed by atoms with Crippen molar-refractivity contribution in [1.82, 2.24) is 20.4 Å². The van der Waals surface area contributed by atoms with Crippen molar-refractivity contribution in [3.05, 3.63) is 48.5 Å². The molecular weight excluding hydrogens is 464 g/mol. The average Bonchev–Trinajstić information content (AvgIpc) is 3.36. The van der Waals surface area contributed by atoms with E-state index in [1.165, 1.54) is 29.4 Å². The number of hydrogen-bond acceptors (Lipinski definition) is 9. The minimum atomic E-state index is -3.04. The van der Waals surface area contributed by atoms with Gasteiger partial charge in [0, 0.05) is 17.3 Å². The maximum absolute atomic E-state index is 14.7. The molecule has 4 rings (SSSR count). The average molecular weight is 478 g/mol. The Bertz CT molecular complexity index is 1030. The Hall–Kier alpha value is -1.18. The number of aromatic nitrogens is 4. The number of ether oxygens (including phenoxy) is 1. The summed E-state index contributed by atoms with van der Waals surface area (Å²) in [6, 6.07) is 7.65. The van der Waals surface area contributed by atoms with Crippen LogP contribution in [-0.2, 0) is 9.26 Å². The fraction of sp³-hybridized carbons (Fsp3) is 0.176. The van der Waals surface area contributed by atoms with E-state index in [1.807, 2.05) is 0 Å². The van der Waals surface area contributed by atoms with Crippen LogP contribution in [0.3, 0.4) is 0 Å². The second-order valence-electron chi connectivity index (χ2n) is 6.21. The summed E-state index contributed by atoms with van der Waals surface area (Å²) in [4.78, 5) is 38.4. The number of H-pyrrole nitrogens is 1. The number of rotatable bonds is 7. The predicted molar refractivity (Wildman–Crippen MR) is 99.8 cm³/mol. The first-order valence-electron chi connectivity index (χ1n) is 8.64. The van der Waals surface area contributed by atoms with Crippen LogP contribution in [0, 0.1) is 5.82 Å². The van der Waals surface area contributed by atoms with Gasteiger partial charge in [0.15, 0.2) is 5.82 Å². The van der Waals surface area contributed by atoms with Gasteiger partial charge in [-0.25, -0.2) is 14.2 Å². The molecule has 0 saturated carbocycles. The summed E-state index contributed by atoms with van der Waals surface area (Å²) >= 11 is 0. The molecule has 2 aromatic heterocycles. The van der Waals surface area contributed by atoms with Crippen LogP contribution in [0.5, 0.6) is 0 Å². The second-order valence-corrected chi connectivity index (χ2v) is 6.92. The number of anilines is 3. The molecule has 1 amide bonds. The van der Waals surface area contributed by atoms with Gasteiger partial charge in [-0.1, -0.05) is 0 Å². The molecule has 0 unspecified atom stereocenters. The fourth-order valence-electron chi connectivity index (χ4n) is 2.89. The van der Waals surface area contributed by atoms with E-state index in [0.717, 1.165) is 0 Å². The molecule has 1 aromatic carbocycles. The number of carbonyl (C=O) groups is 1. The van der Waals surface area contributed by atoms with E-state index in [0.29, 0.717) is 22.8 Å².